The third kappa shape index (κ3) is 5.63. The summed E-state index contributed by atoms with van der Waals surface area (Å²) in [5.41, 5.74) is 0.569. The van der Waals surface area contributed by atoms with Gasteiger partial charge in [-0.1, -0.05) is 20.8 Å². The lowest BCUT2D eigenvalue weighted by atomic mass is 9.63. The van der Waals surface area contributed by atoms with Crippen LogP contribution in [0.15, 0.2) is 0 Å². The highest BCUT2D eigenvalue weighted by Gasteiger charge is 2.37. The number of rotatable bonds is 5. The maximum atomic E-state index is 11.2. The van der Waals surface area contributed by atoms with Gasteiger partial charge in [0, 0.05) is 17.9 Å². The second kappa shape index (κ2) is 6.34. The molecule has 0 aliphatic heterocycles. The van der Waals surface area contributed by atoms with Gasteiger partial charge in [0.05, 0.1) is 0 Å². The van der Waals surface area contributed by atoms with E-state index in [9.17, 15) is 8.42 Å². The van der Waals surface area contributed by atoms with Crippen LogP contribution in [-0.2, 0) is 9.84 Å². The molecule has 0 bridgehead atoms. The van der Waals surface area contributed by atoms with Gasteiger partial charge in [0.2, 0.25) is 0 Å². The Morgan fingerprint density at radius 2 is 1.74 bits per heavy atom. The Balaban J connectivity index is 2.51. The molecule has 0 N–H and O–H groups in total. The number of hydrogen-bond donors (Lipinski definition) is 0. The zero-order valence-electron chi connectivity index (χ0n) is 12.8. The van der Waals surface area contributed by atoms with Crippen molar-refractivity contribution in [3.63, 3.8) is 0 Å². The summed E-state index contributed by atoms with van der Waals surface area (Å²) >= 11 is 6.20. The Morgan fingerprint density at radius 3 is 2.11 bits per heavy atom. The van der Waals surface area contributed by atoms with Crippen molar-refractivity contribution in [1.82, 2.24) is 0 Å². The highest BCUT2D eigenvalue weighted by molar-refractivity contribution is 7.90. The van der Waals surface area contributed by atoms with E-state index < -0.39 is 9.84 Å². The van der Waals surface area contributed by atoms with Crippen molar-refractivity contribution in [2.75, 3.05) is 17.9 Å². The molecular weight excluding hydrogens is 280 g/mol. The smallest absolute Gasteiger partial charge is 0.147 e. The second-order valence-electron chi connectivity index (χ2n) is 7.51. The molecule has 0 radical (unpaired) electrons. The third-order valence-electron chi connectivity index (χ3n) is 4.78. The minimum absolute atomic E-state index is 0.188. The number of halogens is 1. The first kappa shape index (κ1) is 17.3. The number of sulfone groups is 1. The largest absolute Gasteiger partial charge is 0.229 e. The van der Waals surface area contributed by atoms with Gasteiger partial charge in [0.1, 0.15) is 9.84 Å². The minimum atomic E-state index is -2.84. The molecule has 19 heavy (non-hydrogen) atoms. The van der Waals surface area contributed by atoms with Crippen LogP contribution in [-0.4, -0.2) is 26.3 Å². The highest BCUT2D eigenvalue weighted by atomic mass is 35.5. The van der Waals surface area contributed by atoms with Crippen LogP contribution in [0.5, 0.6) is 0 Å². The van der Waals surface area contributed by atoms with E-state index in [2.05, 4.69) is 20.8 Å². The zero-order chi connectivity index (χ0) is 14.7. The molecule has 1 aliphatic carbocycles. The van der Waals surface area contributed by atoms with Crippen LogP contribution in [0.3, 0.4) is 0 Å². The van der Waals surface area contributed by atoms with Crippen molar-refractivity contribution in [3.05, 3.63) is 0 Å². The fourth-order valence-electron chi connectivity index (χ4n) is 3.26. The Morgan fingerprint density at radius 1 is 1.21 bits per heavy atom. The molecule has 2 nitrogen and oxygen atoms in total. The molecule has 0 heterocycles. The standard InChI is InChI=1S/C15H29ClO2S/c1-14(2,3)13-6-9-15(12-16,10-7-13)8-5-11-19(4,17)18/h13H,5-12H2,1-4H3. The van der Waals surface area contributed by atoms with Crippen molar-refractivity contribution in [2.24, 2.45) is 16.7 Å². The van der Waals surface area contributed by atoms with E-state index in [0.717, 1.165) is 31.6 Å². The molecule has 0 unspecified atom stereocenters. The van der Waals surface area contributed by atoms with Gasteiger partial charge in [-0.3, -0.25) is 0 Å². The molecule has 0 saturated heterocycles. The summed E-state index contributed by atoms with van der Waals surface area (Å²) in [4.78, 5) is 0. The molecular formula is C15H29ClO2S. The summed E-state index contributed by atoms with van der Waals surface area (Å²) in [5.74, 6) is 1.75. The lowest BCUT2D eigenvalue weighted by Crippen LogP contribution is -2.34. The lowest BCUT2D eigenvalue weighted by molar-refractivity contribution is 0.0953. The summed E-state index contributed by atoms with van der Waals surface area (Å²) in [6.07, 6.45) is 7.80. The van der Waals surface area contributed by atoms with Crippen molar-refractivity contribution < 1.29 is 8.42 Å². The molecule has 0 aromatic rings. The second-order valence-corrected chi connectivity index (χ2v) is 10.0. The van der Waals surface area contributed by atoms with Crippen molar-refractivity contribution >= 4 is 21.4 Å². The Kier molecular flexibility index (Phi) is 5.77. The molecule has 0 aromatic carbocycles. The van der Waals surface area contributed by atoms with Gasteiger partial charge in [0.15, 0.2) is 0 Å². The molecule has 0 atom stereocenters. The first-order valence-corrected chi connectivity index (χ1v) is 9.91. The van der Waals surface area contributed by atoms with Crippen molar-refractivity contribution in [3.8, 4) is 0 Å². The first-order valence-electron chi connectivity index (χ1n) is 7.32. The average Bonchev–Trinajstić information content (AvgIpc) is 2.26. The van der Waals surface area contributed by atoms with Gasteiger partial charge in [-0.25, -0.2) is 8.42 Å². The number of alkyl halides is 1. The molecule has 114 valence electrons. The molecule has 1 aliphatic rings. The van der Waals surface area contributed by atoms with Crippen molar-refractivity contribution in [2.45, 2.75) is 59.3 Å². The third-order valence-corrected chi connectivity index (χ3v) is 6.37. The fourth-order valence-corrected chi connectivity index (χ4v) is 4.33. The van der Waals surface area contributed by atoms with Crippen LogP contribution in [0.1, 0.15) is 59.3 Å². The topological polar surface area (TPSA) is 34.1 Å². The van der Waals surface area contributed by atoms with Gasteiger partial charge in [-0.05, 0) is 55.3 Å². The van der Waals surface area contributed by atoms with Crippen LogP contribution in [0.4, 0.5) is 0 Å². The van der Waals surface area contributed by atoms with Crippen LogP contribution in [0, 0.1) is 16.7 Å². The predicted octanol–water partition coefficient (Wildman–Crippen LogP) is 4.27. The first-order chi connectivity index (χ1) is 8.58. The lowest BCUT2D eigenvalue weighted by Gasteiger charge is -2.43. The highest BCUT2D eigenvalue weighted by Crippen LogP contribution is 2.48. The Labute approximate surface area is 124 Å². The average molecular weight is 309 g/mol. The number of hydrogen-bond acceptors (Lipinski definition) is 2. The van der Waals surface area contributed by atoms with Crippen LogP contribution < -0.4 is 0 Å². The molecule has 1 rings (SSSR count). The predicted molar refractivity (Wildman–Crippen MR) is 83.5 cm³/mol. The summed E-state index contributed by atoms with van der Waals surface area (Å²) in [7, 11) is -2.84. The van der Waals surface area contributed by atoms with E-state index in [0.29, 0.717) is 17.0 Å². The summed E-state index contributed by atoms with van der Waals surface area (Å²) in [6, 6.07) is 0. The molecule has 0 aromatic heterocycles. The van der Waals surface area contributed by atoms with Crippen molar-refractivity contribution in [1.29, 1.82) is 0 Å². The summed E-state index contributed by atoms with van der Waals surface area (Å²) < 4.78 is 22.4. The Bertz CT molecular complexity index is 373. The van der Waals surface area contributed by atoms with Gasteiger partial charge in [-0.15, -0.1) is 11.6 Å². The van der Waals surface area contributed by atoms with E-state index >= 15 is 0 Å². The maximum absolute atomic E-state index is 11.2. The van der Waals surface area contributed by atoms with E-state index in [1.807, 2.05) is 0 Å². The Hall–Kier alpha value is 0.240. The fraction of sp³-hybridized carbons (Fsp3) is 1.00. The quantitative estimate of drug-likeness (QED) is 0.711. The van der Waals surface area contributed by atoms with Gasteiger partial charge in [-0.2, -0.15) is 0 Å². The van der Waals surface area contributed by atoms with Crippen LogP contribution in [0.2, 0.25) is 0 Å². The van der Waals surface area contributed by atoms with E-state index in [1.165, 1.54) is 19.1 Å². The van der Waals surface area contributed by atoms with Gasteiger partial charge < -0.3 is 0 Å². The van der Waals surface area contributed by atoms with Gasteiger partial charge in [0.25, 0.3) is 0 Å². The molecule has 0 amide bonds. The van der Waals surface area contributed by atoms with Crippen LogP contribution >= 0.6 is 11.6 Å². The molecule has 4 heteroatoms. The SMILES string of the molecule is CC(C)(C)C1CCC(CCl)(CCCS(C)(=O)=O)CC1. The van der Waals surface area contributed by atoms with Crippen LogP contribution in [0.25, 0.3) is 0 Å². The molecule has 1 fully saturated rings. The molecule has 0 spiro atoms. The van der Waals surface area contributed by atoms with E-state index in [1.54, 1.807) is 0 Å². The van der Waals surface area contributed by atoms with Gasteiger partial charge >= 0.3 is 0 Å². The zero-order valence-corrected chi connectivity index (χ0v) is 14.4. The monoisotopic (exact) mass is 308 g/mol. The summed E-state index contributed by atoms with van der Waals surface area (Å²) in [6.45, 7) is 6.94. The molecule has 1 saturated carbocycles. The maximum Gasteiger partial charge on any atom is 0.147 e. The minimum Gasteiger partial charge on any atom is -0.229 e. The van der Waals surface area contributed by atoms with E-state index in [-0.39, 0.29) is 5.41 Å². The normalized spacial score (nSPS) is 29.4. The van der Waals surface area contributed by atoms with E-state index in [4.69, 9.17) is 11.6 Å². The summed E-state index contributed by atoms with van der Waals surface area (Å²) in [5, 5.41) is 0.